The minimum atomic E-state index is -4.37. The molecule has 1 fully saturated rings. The monoisotopic (exact) mass is 443 g/mol. The molecule has 1 saturated heterocycles. The fraction of sp³-hybridized carbons (Fsp3) is 0.417. The number of rotatable bonds is 5. The average Bonchev–Trinajstić information content (AvgIpc) is 2.77. The zero-order valence-electron chi connectivity index (χ0n) is 18.6. The van der Waals surface area contributed by atoms with E-state index < -0.39 is 11.7 Å². The Labute approximate surface area is 186 Å². The largest absolute Gasteiger partial charge is 0.416 e. The molecule has 0 radical (unpaired) electrons. The molecule has 1 aliphatic heterocycles. The van der Waals surface area contributed by atoms with E-state index in [2.05, 4.69) is 51.5 Å². The van der Waals surface area contributed by atoms with Crippen LogP contribution in [0.3, 0.4) is 0 Å². The van der Waals surface area contributed by atoms with Gasteiger partial charge in [-0.15, -0.1) is 5.10 Å². The summed E-state index contributed by atoms with van der Waals surface area (Å²) in [5.41, 5.74) is 1.32. The van der Waals surface area contributed by atoms with Crippen LogP contribution in [-0.4, -0.2) is 48.3 Å². The maximum absolute atomic E-state index is 13.2. The van der Waals surface area contributed by atoms with Crippen LogP contribution in [0.15, 0.2) is 42.6 Å². The first-order valence-electron chi connectivity index (χ1n) is 10.8. The third-order valence-corrected chi connectivity index (χ3v) is 6.34. The molecule has 170 valence electrons. The van der Waals surface area contributed by atoms with E-state index in [0.29, 0.717) is 17.4 Å². The number of alkyl halides is 3. The van der Waals surface area contributed by atoms with Gasteiger partial charge in [-0.05, 0) is 63.2 Å². The summed E-state index contributed by atoms with van der Waals surface area (Å²) < 4.78 is 39.7. The summed E-state index contributed by atoms with van der Waals surface area (Å²) >= 11 is 0. The maximum Gasteiger partial charge on any atom is 0.416 e. The van der Waals surface area contributed by atoms with E-state index in [1.807, 2.05) is 6.07 Å². The molecule has 3 aromatic rings. The molecule has 1 N–H and O–H groups in total. The normalized spacial score (nSPS) is 17.2. The first kappa shape index (κ1) is 22.3. The van der Waals surface area contributed by atoms with Crippen LogP contribution in [0.2, 0.25) is 0 Å². The lowest BCUT2D eigenvalue weighted by atomic mass is 10.0. The molecule has 0 amide bonds. The molecular weight excluding hydrogens is 415 g/mol. The molecule has 0 saturated carbocycles. The number of hydrogen-bond acceptors (Lipinski definition) is 5. The Morgan fingerprint density at radius 3 is 2.75 bits per heavy atom. The van der Waals surface area contributed by atoms with Gasteiger partial charge in [0, 0.05) is 42.1 Å². The molecule has 0 bridgehead atoms. The van der Waals surface area contributed by atoms with Gasteiger partial charge in [0.1, 0.15) is 0 Å². The van der Waals surface area contributed by atoms with E-state index >= 15 is 0 Å². The smallest absolute Gasteiger partial charge is 0.370 e. The van der Waals surface area contributed by atoms with E-state index in [9.17, 15) is 13.2 Å². The molecule has 1 aromatic heterocycles. The van der Waals surface area contributed by atoms with Crippen LogP contribution in [0, 0.1) is 6.92 Å². The molecule has 0 aliphatic carbocycles. The predicted molar refractivity (Wildman–Crippen MR) is 122 cm³/mol. The lowest BCUT2D eigenvalue weighted by molar-refractivity contribution is -0.138. The predicted octanol–water partition coefficient (Wildman–Crippen LogP) is 5.10. The summed E-state index contributed by atoms with van der Waals surface area (Å²) in [6.07, 6.45) is -0.340. The molecule has 5 nitrogen and oxygen atoms in total. The highest BCUT2D eigenvalue weighted by Crippen LogP contribution is 2.33. The maximum atomic E-state index is 13.2. The fourth-order valence-corrected chi connectivity index (χ4v) is 4.36. The van der Waals surface area contributed by atoms with Gasteiger partial charge in [0.05, 0.1) is 11.8 Å². The number of fused-ring (bicyclic) bond motifs is 1. The van der Waals surface area contributed by atoms with E-state index in [-0.39, 0.29) is 12.1 Å². The minimum Gasteiger partial charge on any atom is -0.370 e. The first-order chi connectivity index (χ1) is 15.2. The van der Waals surface area contributed by atoms with Crippen molar-refractivity contribution in [3.63, 3.8) is 0 Å². The van der Waals surface area contributed by atoms with Gasteiger partial charge in [0.15, 0.2) is 5.82 Å². The van der Waals surface area contributed by atoms with Gasteiger partial charge < -0.3 is 15.1 Å². The van der Waals surface area contributed by atoms with Gasteiger partial charge in [-0.2, -0.15) is 18.3 Å². The number of piperidine rings is 1. The van der Waals surface area contributed by atoms with Crippen LogP contribution in [0.5, 0.6) is 0 Å². The highest BCUT2D eigenvalue weighted by Gasteiger charge is 2.32. The van der Waals surface area contributed by atoms with Crippen molar-refractivity contribution in [1.82, 2.24) is 15.1 Å². The molecule has 1 aliphatic rings. The fourth-order valence-electron chi connectivity index (χ4n) is 4.36. The van der Waals surface area contributed by atoms with E-state index in [1.54, 1.807) is 12.3 Å². The Kier molecular flexibility index (Phi) is 6.24. The number of likely N-dealkylation sites (N-methyl/N-ethyl adjacent to an activating group) is 1. The number of anilines is 2. The van der Waals surface area contributed by atoms with Crippen LogP contribution in [0.4, 0.5) is 24.7 Å². The van der Waals surface area contributed by atoms with Gasteiger partial charge in [-0.3, -0.25) is 0 Å². The summed E-state index contributed by atoms with van der Waals surface area (Å²) in [6, 6.07) is 11.0. The first-order valence-corrected chi connectivity index (χ1v) is 10.8. The van der Waals surface area contributed by atoms with Gasteiger partial charge in [-0.1, -0.05) is 18.2 Å². The van der Waals surface area contributed by atoms with Gasteiger partial charge in [-0.25, -0.2) is 0 Å². The molecule has 8 heteroatoms. The highest BCUT2D eigenvalue weighted by atomic mass is 19.4. The summed E-state index contributed by atoms with van der Waals surface area (Å²) in [5, 5.41) is 13.4. The van der Waals surface area contributed by atoms with E-state index in [4.69, 9.17) is 0 Å². The molecule has 1 atom stereocenters. The Balaban J connectivity index is 1.60. The highest BCUT2D eigenvalue weighted by molar-refractivity contribution is 5.93. The summed E-state index contributed by atoms with van der Waals surface area (Å²) in [5.74, 6) is 0.572. The molecule has 2 aromatic carbocycles. The third kappa shape index (κ3) is 4.65. The van der Waals surface area contributed by atoms with Crippen molar-refractivity contribution >= 4 is 22.3 Å². The van der Waals surface area contributed by atoms with Crippen LogP contribution < -0.4 is 10.2 Å². The SMILES string of the molecule is Cc1c(CNc2nncc3ccc(N4CCCC(N(C)C)C4)cc23)cccc1C(F)(F)F. The summed E-state index contributed by atoms with van der Waals surface area (Å²) in [7, 11) is 4.23. The molecule has 4 rings (SSSR count). The number of hydrogen-bond donors (Lipinski definition) is 1. The zero-order valence-corrected chi connectivity index (χ0v) is 18.6. The minimum absolute atomic E-state index is 0.226. The second kappa shape index (κ2) is 8.94. The van der Waals surface area contributed by atoms with Crippen LogP contribution in [0.25, 0.3) is 10.8 Å². The molecule has 0 spiro atoms. The van der Waals surface area contributed by atoms with Gasteiger partial charge >= 0.3 is 6.18 Å². The number of nitrogens with zero attached hydrogens (tertiary/aromatic N) is 4. The van der Waals surface area contributed by atoms with Crippen molar-refractivity contribution in [2.45, 2.75) is 38.5 Å². The summed E-state index contributed by atoms with van der Waals surface area (Å²) in [6.45, 7) is 3.70. The lowest BCUT2D eigenvalue weighted by Gasteiger charge is -2.37. The Morgan fingerprint density at radius 1 is 1.19 bits per heavy atom. The average molecular weight is 444 g/mol. The quantitative estimate of drug-likeness (QED) is 0.595. The van der Waals surface area contributed by atoms with Gasteiger partial charge in [0.25, 0.3) is 0 Å². The van der Waals surface area contributed by atoms with Crippen molar-refractivity contribution in [3.05, 3.63) is 59.3 Å². The van der Waals surface area contributed by atoms with Crippen LogP contribution >= 0.6 is 0 Å². The second-order valence-corrected chi connectivity index (χ2v) is 8.61. The lowest BCUT2D eigenvalue weighted by Crippen LogP contribution is -2.45. The third-order valence-electron chi connectivity index (χ3n) is 6.34. The molecular formula is C24H28F3N5. The Bertz CT molecular complexity index is 1100. The topological polar surface area (TPSA) is 44.3 Å². The standard InChI is InChI=1S/C24H28F3N5/c1-16-17(6-4-8-22(16)24(25,26)27)13-28-23-21-12-19(10-9-18(21)14-29-30-23)32-11-5-7-20(15-32)31(2)3/h4,6,8-10,12,14,20H,5,7,11,13,15H2,1-3H3,(H,28,30). The van der Waals surface area contributed by atoms with Crippen molar-refractivity contribution in [2.24, 2.45) is 0 Å². The molecule has 2 heterocycles. The zero-order chi connectivity index (χ0) is 22.9. The van der Waals surface area contributed by atoms with Crippen LogP contribution in [-0.2, 0) is 12.7 Å². The van der Waals surface area contributed by atoms with Crippen molar-refractivity contribution in [1.29, 1.82) is 0 Å². The Morgan fingerprint density at radius 2 is 2.00 bits per heavy atom. The van der Waals surface area contributed by atoms with Crippen molar-refractivity contribution in [2.75, 3.05) is 37.4 Å². The van der Waals surface area contributed by atoms with Gasteiger partial charge in [0.2, 0.25) is 0 Å². The van der Waals surface area contributed by atoms with Crippen molar-refractivity contribution < 1.29 is 13.2 Å². The summed E-state index contributed by atoms with van der Waals surface area (Å²) in [4.78, 5) is 4.65. The molecule has 1 unspecified atom stereocenters. The number of benzene rings is 2. The van der Waals surface area contributed by atoms with E-state index in [1.165, 1.54) is 19.4 Å². The number of halogens is 3. The van der Waals surface area contributed by atoms with Crippen molar-refractivity contribution in [3.8, 4) is 0 Å². The number of aromatic nitrogens is 2. The second-order valence-electron chi connectivity index (χ2n) is 8.61. The number of nitrogens with one attached hydrogen (secondary N) is 1. The van der Waals surface area contributed by atoms with E-state index in [0.717, 1.165) is 42.0 Å². The molecule has 32 heavy (non-hydrogen) atoms. The Hall–Kier alpha value is -2.87. The van der Waals surface area contributed by atoms with Crippen LogP contribution in [0.1, 0.15) is 29.5 Å².